The summed E-state index contributed by atoms with van der Waals surface area (Å²) in [6.45, 7) is 2.07. The van der Waals surface area contributed by atoms with E-state index in [-0.39, 0.29) is 18.0 Å². The predicted octanol–water partition coefficient (Wildman–Crippen LogP) is 0.778. The smallest absolute Gasteiger partial charge is 0.267 e. The largest absolute Gasteiger partial charge is 0.497 e. The van der Waals surface area contributed by atoms with Crippen molar-refractivity contribution in [2.45, 2.75) is 6.54 Å². The Bertz CT molecular complexity index is 781. The van der Waals surface area contributed by atoms with E-state index in [1.165, 1.54) is 10.7 Å². The van der Waals surface area contributed by atoms with Gasteiger partial charge in [0.15, 0.2) is 0 Å². The predicted molar refractivity (Wildman–Crippen MR) is 87.9 cm³/mol. The Morgan fingerprint density at radius 3 is 2.79 bits per heavy atom. The van der Waals surface area contributed by atoms with Crippen LogP contribution < -0.4 is 10.3 Å². The third kappa shape index (κ3) is 3.62. The number of aromatic nitrogens is 2. The molecule has 24 heavy (non-hydrogen) atoms. The number of morpholine rings is 1. The molecule has 1 fully saturated rings. The van der Waals surface area contributed by atoms with Gasteiger partial charge in [0, 0.05) is 24.7 Å². The fraction of sp³-hybridized carbons (Fsp3) is 0.353. The van der Waals surface area contributed by atoms with E-state index in [1.54, 1.807) is 18.1 Å². The normalized spacial score (nSPS) is 14.5. The van der Waals surface area contributed by atoms with Gasteiger partial charge in [0.2, 0.25) is 5.91 Å². The van der Waals surface area contributed by atoms with Crippen molar-refractivity contribution < 1.29 is 14.3 Å². The van der Waals surface area contributed by atoms with Gasteiger partial charge in [-0.2, -0.15) is 5.10 Å². The minimum atomic E-state index is -0.303. The molecule has 0 atom stereocenters. The first-order valence-corrected chi connectivity index (χ1v) is 7.75. The summed E-state index contributed by atoms with van der Waals surface area (Å²) in [6, 6.07) is 10.5. The molecule has 1 aliphatic rings. The lowest BCUT2D eigenvalue weighted by Gasteiger charge is -2.26. The van der Waals surface area contributed by atoms with Crippen molar-refractivity contribution in [1.29, 1.82) is 0 Å². The Morgan fingerprint density at radius 2 is 2.04 bits per heavy atom. The molecule has 0 aliphatic carbocycles. The van der Waals surface area contributed by atoms with E-state index in [0.29, 0.717) is 37.7 Å². The number of hydrogen-bond acceptors (Lipinski definition) is 5. The highest BCUT2D eigenvalue weighted by Gasteiger charge is 2.18. The molecular weight excluding hydrogens is 310 g/mol. The van der Waals surface area contributed by atoms with Crippen LogP contribution in [0.25, 0.3) is 11.3 Å². The van der Waals surface area contributed by atoms with Crippen LogP contribution in [0.4, 0.5) is 0 Å². The number of benzene rings is 1. The van der Waals surface area contributed by atoms with Gasteiger partial charge in [0.1, 0.15) is 12.3 Å². The van der Waals surface area contributed by atoms with Crippen molar-refractivity contribution in [2.24, 2.45) is 0 Å². The average molecular weight is 329 g/mol. The van der Waals surface area contributed by atoms with Gasteiger partial charge in [-0.3, -0.25) is 9.59 Å². The summed E-state index contributed by atoms with van der Waals surface area (Å²) < 4.78 is 11.6. The van der Waals surface area contributed by atoms with E-state index >= 15 is 0 Å². The molecule has 0 unspecified atom stereocenters. The molecular formula is C17H19N3O4. The molecule has 1 aliphatic heterocycles. The van der Waals surface area contributed by atoms with Crippen molar-refractivity contribution >= 4 is 5.91 Å². The third-order valence-corrected chi connectivity index (χ3v) is 3.88. The number of amides is 1. The van der Waals surface area contributed by atoms with Gasteiger partial charge in [-0.05, 0) is 18.2 Å². The van der Waals surface area contributed by atoms with Crippen LogP contribution in [0.15, 0.2) is 41.2 Å². The van der Waals surface area contributed by atoms with E-state index < -0.39 is 0 Å². The summed E-state index contributed by atoms with van der Waals surface area (Å²) in [4.78, 5) is 26.0. The third-order valence-electron chi connectivity index (χ3n) is 3.88. The Morgan fingerprint density at radius 1 is 1.25 bits per heavy atom. The first-order valence-electron chi connectivity index (χ1n) is 7.75. The Labute approximate surface area is 139 Å². The molecule has 3 rings (SSSR count). The number of nitrogens with zero attached hydrogens (tertiary/aromatic N) is 3. The first-order chi connectivity index (χ1) is 11.7. The molecule has 0 spiro atoms. The van der Waals surface area contributed by atoms with Crippen LogP contribution in [-0.4, -0.2) is 54.0 Å². The molecule has 7 heteroatoms. The van der Waals surface area contributed by atoms with Gasteiger partial charge >= 0.3 is 0 Å². The lowest BCUT2D eigenvalue weighted by Crippen LogP contribution is -2.43. The van der Waals surface area contributed by atoms with Gasteiger partial charge in [-0.15, -0.1) is 0 Å². The highest BCUT2D eigenvalue weighted by atomic mass is 16.5. The van der Waals surface area contributed by atoms with Crippen molar-refractivity contribution in [3.05, 3.63) is 46.8 Å². The standard InChI is InChI=1S/C17H19N3O4/c1-23-14-4-2-3-13(11-14)15-5-6-16(21)20(18-15)12-17(22)19-7-9-24-10-8-19/h2-6,11H,7-10,12H2,1H3. The number of methoxy groups -OCH3 is 1. The average Bonchev–Trinajstić information content (AvgIpc) is 2.64. The zero-order chi connectivity index (χ0) is 16.9. The van der Waals surface area contributed by atoms with Crippen LogP contribution in [0.2, 0.25) is 0 Å². The van der Waals surface area contributed by atoms with Crippen molar-refractivity contribution in [1.82, 2.24) is 14.7 Å². The minimum absolute atomic E-state index is 0.0728. The summed E-state index contributed by atoms with van der Waals surface area (Å²) in [6.07, 6.45) is 0. The maximum absolute atomic E-state index is 12.3. The fourth-order valence-corrected chi connectivity index (χ4v) is 2.54. The van der Waals surface area contributed by atoms with E-state index in [4.69, 9.17) is 9.47 Å². The molecule has 7 nitrogen and oxygen atoms in total. The monoisotopic (exact) mass is 329 g/mol. The number of ether oxygens (including phenoxy) is 2. The molecule has 0 bridgehead atoms. The fourth-order valence-electron chi connectivity index (χ4n) is 2.54. The van der Waals surface area contributed by atoms with Crippen LogP contribution in [-0.2, 0) is 16.1 Å². The SMILES string of the molecule is COc1cccc(-c2ccc(=O)n(CC(=O)N3CCOCC3)n2)c1. The number of hydrogen-bond donors (Lipinski definition) is 0. The highest BCUT2D eigenvalue weighted by Crippen LogP contribution is 2.21. The summed E-state index contributed by atoms with van der Waals surface area (Å²) in [5.74, 6) is 0.576. The van der Waals surface area contributed by atoms with Gasteiger partial charge in [0.05, 0.1) is 26.0 Å². The molecule has 0 N–H and O–H groups in total. The van der Waals surface area contributed by atoms with Crippen LogP contribution in [0.1, 0.15) is 0 Å². The summed E-state index contributed by atoms with van der Waals surface area (Å²) in [7, 11) is 1.59. The quantitative estimate of drug-likeness (QED) is 0.829. The number of rotatable bonds is 4. The van der Waals surface area contributed by atoms with Gasteiger partial charge in [-0.25, -0.2) is 4.68 Å². The van der Waals surface area contributed by atoms with Gasteiger partial charge in [-0.1, -0.05) is 12.1 Å². The summed E-state index contributed by atoms with van der Waals surface area (Å²) in [5, 5.41) is 4.32. The first kappa shape index (κ1) is 16.2. The number of carbonyl (C=O) groups is 1. The highest BCUT2D eigenvalue weighted by molar-refractivity contribution is 5.76. The topological polar surface area (TPSA) is 73.7 Å². The van der Waals surface area contributed by atoms with Crippen molar-refractivity contribution in [3.8, 4) is 17.0 Å². The second kappa shape index (κ2) is 7.27. The van der Waals surface area contributed by atoms with E-state index in [0.717, 1.165) is 5.56 Å². The molecule has 2 aromatic rings. The molecule has 1 amide bonds. The molecule has 1 aromatic carbocycles. The molecule has 1 saturated heterocycles. The van der Waals surface area contributed by atoms with Crippen LogP contribution in [0, 0.1) is 0 Å². The van der Waals surface area contributed by atoms with Gasteiger partial charge < -0.3 is 14.4 Å². The van der Waals surface area contributed by atoms with Crippen LogP contribution >= 0.6 is 0 Å². The summed E-state index contributed by atoms with van der Waals surface area (Å²) >= 11 is 0. The Balaban J connectivity index is 1.83. The Kier molecular flexibility index (Phi) is 4.90. The molecule has 2 heterocycles. The van der Waals surface area contributed by atoms with Crippen molar-refractivity contribution in [2.75, 3.05) is 33.4 Å². The molecule has 0 radical (unpaired) electrons. The minimum Gasteiger partial charge on any atom is -0.497 e. The molecule has 1 aromatic heterocycles. The van der Waals surface area contributed by atoms with E-state index in [9.17, 15) is 9.59 Å². The zero-order valence-electron chi connectivity index (χ0n) is 13.5. The van der Waals surface area contributed by atoms with E-state index in [1.807, 2.05) is 24.3 Å². The van der Waals surface area contributed by atoms with Gasteiger partial charge in [0.25, 0.3) is 5.56 Å². The van der Waals surface area contributed by atoms with E-state index in [2.05, 4.69) is 5.10 Å². The van der Waals surface area contributed by atoms with Crippen LogP contribution in [0.5, 0.6) is 5.75 Å². The Hall–Kier alpha value is -2.67. The zero-order valence-corrected chi connectivity index (χ0v) is 13.5. The maximum atomic E-state index is 12.3. The second-order valence-electron chi connectivity index (χ2n) is 5.44. The number of carbonyl (C=O) groups excluding carboxylic acids is 1. The maximum Gasteiger partial charge on any atom is 0.267 e. The second-order valence-corrected chi connectivity index (χ2v) is 5.44. The lowest BCUT2D eigenvalue weighted by molar-refractivity contribution is -0.136. The van der Waals surface area contributed by atoms with Crippen molar-refractivity contribution in [3.63, 3.8) is 0 Å². The lowest BCUT2D eigenvalue weighted by atomic mass is 10.1. The van der Waals surface area contributed by atoms with Crippen LogP contribution in [0.3, 0.4) is 0 Å². The molecule has 0 saturated carbocycles. The summed E-state index contributed by atoms with van der Waals surface area (Å²) in [5.41, 5.74) is 1.13. The molecule has 126 valence electrons.